The van der Waals surface area contributed by atoms with Crippen LogP contribution in [-0.2, 0) is 13.1 Å². The number of fused-ring (bicyclic) bond motifs is 1. The third-order valence-corrected chi connectivity index (χ3v) is 4.45. The Bertz CT molecular complexity index is 1030. The molecular weight excluding hydrogens is 385 g/mol. The van der Waals surface area contributed by atoms with Crippen molar-refractivity contribution in [3.8, 4) is 16.9 Å². The number of halogens is 3. The summed E-state index contributed by atoms with van der Waals surface area (Å²) in [6, 6.07) is 14.5. The maximum absolute atomic E-state index is 12.9. The highest BCUT2D eigenvalue weighted by molar-refractivity contribution is 6.07. The number of nitrogens with one attached hydrogen (secondary N) is 2. The van der Waals surface area contributed by atoms with Crippen molar-refractivity contribution in [3.05, 3.63) is 66.0 Å². The zero-order valence-corrected chi connectivity index (χ0v) is 15.2. The van der Waals surface area contributed by atoms with Crippen molar-refractivity contribution < 1.29 is 22.7 Å². The number of carbonyl (C=O) groups excluding carboxylic acids is 1. The Hall–Kier alpha value is -3.33. The molecule has 0 radical (unpaired) electrons. The molecule has 0 atom stereocenters. The van der Waals surface area contributed by atoms with E-state index in [1.54, 1.807) is 35.0 Å². The Labute approximate surface area is 164 Å². The third kappa shape index (κ3) is 4.24. The van der Waals surface area contributed by atoms with Gasteiger partial charge in [-0.2, -0.15) is 5.10 Å². The monoisotopic (exact) mass is 402 g/mol. The molecule has 1 aromatic heterocycles. The van der Waals surface area contributed by atoms with Crippen LogP contribution in [0.5, 0.6) is 5.75 Å². The number of benzene rings is 2. The maximum atomic E-state index is 12.9. The molecule has 9 heteroatoms. The second kappa shape index (κ2) is 7.59. The number of aromatic nitrogens is 2. The minimum Gasteiger partial charge on any atom is -0.406 e. The summed E-state index contributed by atoms with van der Waals surface area (Å²) in [6.45, 7) is 1.69. The van der Waals surface area contributed by atoms with E-state index < -0.39 is 12.3 Å². The molecule has 29 heavy (non-hydrogen) atoms. The van der Waals surface area contributed by atoms with Gasteiger partial charge in [0.25, 0.3) is 5.91 Å². The minimum atomic E-state index is -4.80. The molecule has 3 aromatic rings. The maximum Gasteiger partial charge on any atom is 0.573 e. The van der Waals surface area contributed by atoms with Gasteiger partial charge in [-0.25, -0.2) is 0 Å². The molecule has 0 bridgehead atoms. The molecule has 0 saturated heterocycles. The van der Waals surface area contributed by atoms with Gasteiger partial charge in [0, 0.05) is 24.3 Å². The van der Waals surface area contributed by atoms with Gasteiger partial charge >= 0.3 is 6.36 Å². The van der Waals surface area contributed by atoms with Crippen LogP contribution >= 0.6 is 0 Å². The van der Waals surface area contributed by atoms with Crippen molar-refractivity contribution in [1.29, 1.82) is 0 Å². The van der Waals surface area contributed by atoms with Crippen LogP contribution in [0.25, 0.3) is 11.1 Å². The first-order valence-electron chi connectivity index (χ1n) is 8.94. The van der Waals surface area contributed by atoms with Crippen molar-refractivity contribution >= 4 is 11.6 Å². The fourth-order valence-electron chi connectivity index (χ4n) is 3.28. The topological polar surface area (TPSA) is 68.2 Å². The minimum absolute atomic E-state index is 0.150. The van der Waals surface area contributed by atoms with Gasteiger partial charge in [-0.15, -0.1) is 13.2 Å². The molecule has 0 spiro atoms. The lowest BCUT2D eigenvalue weighted by Gasteiger charge is -2.16. The summed E-state index contributed by atoms with van der Waals surface area (Å²) in [7, 11) is 0. The lowest BCUT2D eigenvalue weighted by Crippen LogP contribution is -2.28. The van der Waals surface area contributed by atoms with Gasteiger partial charge in [-0.3, -0.25) is 9.48 Å². The van der Waals surface area contributed by atoms with E-state index in [-0.39, 0.29) is 11.4 Å². The fraction of sp³-hybridized carbons (Fsp3) is 0.200. The number of rotatable bonds is 4. The molecule has 2 N–H and O–H groups in total. The first-order chi connectivity index (χ1) is 13.9. The largest absolute Gasteiger partial charge is 0.573 e. The molecule has 6 nitrogen and oxygen atoms in total. The number of ether oxygens (including phenoxy) is 1. The van der Waals surface area contributed by atoms with Gasteiger partial charge in [0.05, 0.1) is 12.2 Å². The van der Waals surface area contributed by atoms with E-state index in [2.05, 4.69) is 20.5 Å². The van der Waals surface area contributed by atoms with E-state index in [0.717, 1.165) is 5.69 Å². The number of hydrogen-bond acceptors (Lipinski definition) is 4. The Morgan fingerprint density at radius 3 is 2.69 bits per heavy atom. The molecule has 2 aromatic carbocycles. The highest BCUT2D eigenvalue weighted by Crippen LogP contribution is 2.33. The summed E-state index contributed by atoms with van der Waals surface area (Å²) in [6.07, 6.45) is -4.80. The summed E-state index contributed by atoms with van der Waals surface area (Å²) in [4.78, 5) is 12.9. The quantitative estimate of drug-likeness (QED) is 0.697. The average Bonchev–Trinajstić information content (AvgIpc) is 3.07. The van der Waals surface area contributed by atoms with E-state index in [1.807, 2.05) is 6.07 Å². The SMILES string of the molecule is O=C(Nc1ccccc1)c1nn2c(c1-c1cccc(OC(F)(F)F)c1)CNCC2. The Morgan fingerprint density at radius 2 is 1.93 bits per heavy atom. The molecule has 2 heterocycles. The molecule has 0 fully saturated rings. The number of alkyl halides is 3. The first-order valence-corrected chi connectivity index (χ1v) is 8.94. The standard InChI is InChI=1S/C20H17F3N4O2/c21-20(22,23)29-15-8-4-5-13(11-15)17-16-12-24-9-10-27(16)26-18(17)19(28)25-14-6-2-1-3-7-14/h1-8,11,24H,9-10,12H2,(H,25,28). The number of para-hydroxylation sites is 1. The average molecular weight is 402 g/mol. The van der Waals surface area contributed by atoms with E-state index in [4.69, 9.17) is 0 Å². The Balaban J connectivity index is 1.75. The lowest BCUT2D eigenvalue weighted by molar-refractivity contribution is -0.274. The lowest BCUT2D eigenvalue weighted by atomic mass is 10.0. The van der Waals surface area contributed by atoms with E-state index in [0.29, 0.717) is 36.4 Å². The first kappa shape index (κ1) is 19.0. The van der Waals surface area contributed by atoms with Crippen LogP contribution in [0.2, 0.25) is 0 Å². The Kier molecular flexibility index (Phi) is 4.98. The van der Waals surface area contributed by atoms with Crippen molar-refractivity contribution in [3.63, 3.8) is 0 Å². The predicted molar refractivity (Wildman–Crippen MR) is 100 cm³/mol. The predicted octanol–water partition coefficient (Wildman–Crippen LogP) is 3.80. The zero-order chi connectivity index (χ0) is 20.4. The summed E-state index contributed by atoms with van der Waals surface area (Å²) < 4.78 is 43.6. The second-order valence-corrected chi connectivity index (χ2v) is 6.47. The van der Waals surface area contributed by atoms with E-state index in [1.165, 1.54) is 18.2 Å². The highest BCUT2D eigenvalue weighted by Gasteiger charge is 2.32. The zero-order valence-electron chi connectivity index (χ0n) is 15.2. The van der Waals surface area contributed by atoms with Crippen LogP contribution in [0.4, 0.5) is 18.9 Å². The van der Waals surface area contributed by atoms with Gasteiger partial charge in [-0.05, 0) is 29.8 Å². The summed E-state index contributed by atoms with van der Waals surface area (Å²) in [5.41, 5.74) is 2.39. The van der Waals surface area contributed by atoms with Crippen LogP contribution in [0.3, 0.4) is 0 Å². The second-order valence-electron chi connectivity index (χ2n) is 6.47. The smallest absolute Gasteiger partial charge is 0.406 e. The van der Waals surface area contributed by atoms with E-state index in [9.17, 15) is 18.0 Å². The molecule has 1 amide bonds. The van der Waals surface area contributed by atoms with Crippen molar-refractivity contribution in [2.24, 2.45) is 0 Å². The number of nitrogens with zero attached hydrogens (tertiary/aromatic N) is 2. The molecular formula is C20H17F3N4O2. The summed E-state index contributed by atoms with van der Waals surface area (Å²) >= 11 is 0. The van der Waals surface area contributed by atoms with Crippen molar-refractivity contribution in [1.82, 2.24) is 15.1 Å². The molecule has 1 aliphatic heterocycles. The molecule has 0 aliphatic carbocycles. The van der Waals surface area contributed by atoms with Crippen LogP contribution in [-0.4, -0.2) is 28.6 Å². The fourth-order valence-corrected chi connectivity index (χ4v) is 3.28. The molecule has 150 valence electrons. The van der Waals surface area contributed by atoms with Crippen LogP contribution < -0.4 is 15.4 Å². The van der Waals surface area contributed by atoms with Gasteiger partial charge in [0.15, 0.2) is 5.69 Å². The van der Waals surface area contributed by atoms with Crippen LogP contribution in [0.15, 0.2) is 54.6 Å². The highest BCUT2D eigenvalue weighted by atomic mass is 19.4. The van der Waals surface area contributed by atoms with Gasteiger partial charge in [0.2, 0.25) is 0 Å². The molecule has 0 unspecified atom stereocenters. The van der Waals surface area contributed by atoms with Gasteiger partial charge in [0.1, 0.15) is 5.75 Å². The van der Waals surface area contributed by atoms with Gasteiger partial charge in [-0.1, -0.05) is 30.3 Å². The van der Waals surface area contributed by atoms with Crippen molar-refractivity contribution in [2.45, 2.75) is 19.5 Å². The number of anilines is 1. The molecule has 0 saturated carbocycles. The third-order valence-electron chi connectivity index (χ3n) is 4.45. The van der Waals surface area contributed by atoms with E-state index >= 15 is 0 Å². The molecule has 1 aliphatic rings. The Morgan fingerprint density at radius 1 is 1.14 bits per heavy atom. The number of amides is 1. The van der Waals surface area contributed by atoms with Crippen molar-refractivity contribution in [2.75, 3.05) is 11.9 Å². The summed E-state index contributed by atoms with van der Waals surface area (Å²) in [5, 5.41) is 10.4. The summed E-state index contributed by atoms with van der Waals surface area (Å²) in [5.74, 6) is -0.789. The number of hydrogen-bond donors (Lipinski definition) is 2. The molecule has 4 rings (SSSR count). The van der Waals surface area contributed by atoms with Gasteiger partial charge < -0.3 is 15.4 Å². The normalized spacial score (nSPS) is 13.6. The van der Waals surface area contributed by atoms with Crippen LogP contribution in [0.1, 0.15) is 16.2 Å². The van der Waals surface area contributed by atoms with Crippen LogP contribution in [0, 0.1) is 0 Å². The number of carbonyl (C=O) groups is 1.